The molecule has 0 aromatic heterocycles. The normalized spacial score (nSPS) is 19.9. The smallest absolute Gasteiger partial charge is 0.387 e. The van der Waals surface area contributed by atoms with Gasteiger partial charge in [-0.3, -0.25) is 9.69 Å². The Kier molecular flexibility index (Phi) is 6.58. The number of β-amino-alcohol motifs (C(OH)–C–C–N with tert-alkyl or cyclic N) is 1. The zero-order valence-electron chi connectivity index (χ0n) is 16.1. The molecule has 1 heterocycles. The van der Waals surface area contributed by atoms with Crippen LogP contribution in [0.3, 0.4) is 0 Å². The van der Waals surface area contributed by atoms with Crippen molar-refractivity contribution in [2.45, 2.75) is 38.0 Å². The number of aliphatic hydroxyl groups excluding tert-OH is 1. The number of benzene rings is 2. The fourth-order valence-electron chi connectivity index (χ4n) is 3.28. The molecule has 0 aliphatic carbocycles. The van der Waals surface area contributed by atoms with Crippen LogP contribution in [-0.4, -0.2) is 40.6 Å². The first-order valence-electron chi connectivity index (χ1n) is 9.29. The molecule has 2 aromatic carbocycles. The van der Waals surface area contributed by atoms with Gasteiger partial charge in [-0.05, 0) is 55.2 Å². The third kappa shape index (κ3) is 5.06. The molecule has 160 valence electrons. The number of amides is 3. The van der Waals surface area contributed by atoms with Crippen LogP contribution in [0.1, 0.15) is 30.6 Å². The average molecular weight is 439 g/mol. The van der Waals surface area contributed by atoms with Crippen LogP contribution in [0.15, 0.2) is 48.5 Å². The number of nitrogens with zero attached hydrogens (tertiary/aromatic N) is 1. The van der Waals surface area contributed by atoms with Gasteiger partial charge in [0, 0.05) is 5.02 Å². The summed E-state index contributed by atoms with van der Waals surface area (Å²) in [6.45, 7) is -1.45. The summed E-state index contributed by atoms with van der Waals surface area (Å²) in [4.78, 5) is 26.2. The van der Waals surface area contributed by atoms with Crippen molar-refractivity contribution in [3.8, 4) is 5.75 Å². The van der Waals surface area contributed by atoms with Crippen molar-refractivity contribution in [3.63, 3.8) is 0 Å². The number of rotatable bonds is 8. The number of carbonyl (C=O) groups excluding carboxylic acids is 2. The Balaban J connectivity index is 1.61. The fraction of sp³-hybridized carbons (Fsp3) is 0.333. The number of aliphatic hydroxyl groups is 1. The van der Waals surface area contributed by atoms with E-state index in [-0.39, 0.29) is 12.3 Å². The van der Waals surface area contributed by atoms with E-state index in [2.05, 4.69) is 10.1 Å². The summed E-state index contributed by atoms with van der Waals surface area (Å²) in [5.41, 5.74) is 0.217. The number of imide groups is 1. The van der Waals surface area contributed by atoms with Crippen molar-refractivity contribution in [1.29, 1.82) is 0 Å². The van der Waals surface area contributed by atoms with Gasteiger partial charge in [0.2, 0.25) is 0 Å². The second kappa shape index (κ2) is 8.97. The van der Waals surface area contributed by atoms with Crippen LogP contribution in [-0.2, 0) is 11.2 Å². The summed E-state index contributed by atoms with van der Waals surface area (Å²) in [6.07, 6.45) is -0.299. The summed E-state index contributed by atoms with van der Waals surface area (Å²) < 4.78 is 28.8. The molecule has 3 rings (SSSR count). The van der Waals surface area contributed by atoms with Gasteiger partial charge in [0.25, 0.3) is 5.91 Å². The van der Waals surface area contributed by atoms with Crippen LogP contribution in [0.5, 0.6) is 5.75 Å². The van der Waals surface area contributed by atoms with E-state index >= 15 is 0 Å². The van der Waals surface area contributed by atoms with Gasteiger partial charge in [-0.2, -0.15) is 8.78 Å². The van der Waals surface area contributed by atoms with Gasteiger partial charge in [-0.15, -0.1) is 0 Å². The Morgan fingerprint density at radius 2 is 1.77 bits per heavy atom. The fourth-order valence-corrected chi connectivity index (χ4v) is 3.40. The number of carbonyl (C=O) groups is 2. The molecular weight excluding hydrogens is 418 g/mol. The summed E-state index contributed by atoms with van der Waals surface area (Å²) in [7, 11) is 0. The molecule has 3 amide bonds. The monoisotopic (exact) mass is 438 g/mol. The minimum atomic E-state index is -2.89. The molecule has 1 saturated heterocycles. The summed E-state index contributed by atoms with van der Waals surface area (Å²) in [5, 5.41) is 13.6. The number of urea groups is 1. The Morgan fingerprint density at radius 1 is 1.13 bits per heavy atom. The van der Waals surface area contributed by atoms with Crippen molar-refractivity contribution < 1.29 is 28.2 Å². The SMILES string of the molecule is C[C@]1(CCc2ccc(OC(F)F)cc2)NC(=O)N(C[C@@H](O)c2ccc(Cl)cc2)C1=O. The molecule has 6 nitrogen and oxygen atoms in total. The molecule has 0 bridgehead atoms. The lowest BCUT2D eigenvalue weighted by atomic mass is 9.93. The quantitative estimate of drug-likeness (QED) is 0.612. The second-order valence-corrected chi connectivity index (χ2v) is 7.70. The van der Waals surface area contributed by atoms with E-state index in [1.165, 1.54) is 12.1 Å². The van der Waals surface area contributed by atoms with E-state index < -0.39 is 30.2 Å². The van der Waals surface area contributed by atoms with Gasteiger partial charge in [0.05, 0.1) is 12.6 Å². The van der Waals surface area contributed by atoms with E-state index in [9.17, 15) is 23.5 Å². The molecule has 0 saturated carbocycles. The summed E-state index contributed by atoms with van der Waals surface area (Å²) in [6, 6.07) is 12.0. The third-order valence-corrected chi connectivity index (χ3v) is 5.27. The highest BCUT2D eigenvalue weighted by molar-refractivity contribution is 6.30. The summed E-state index contributed by atoms with van der Waals surface area (Å²) in [5.74, 6) is -0.384. The highest BCUT2D eigenvalue weighted by atomic mass is 35.5. The number of alkyl halides is 2. The number of hydrogen-bond acceptors (Lipinski definition) is 4. The van der Waals surface area contributed by atoms with E-state index in [1.807, 2.05) is 0 Å². The molecule has 1 aliphatic rings. The van der Waals surface area contributed by atoms with Crippen molar-refractivity contribution in [1.82, 2.24) is 10.2 Å². The van der Waals surface area contributed by atoms with Crippen LogP contribution >= 0.6 is 11.6 Å². The topological polar surface area (TPSA) is 78.9 Å². The lowest BCUT2D eigenvalue weighted by Gasteiger charge is -2.23. The Labute approximate surface area is 177 Å². The highest BCUT2D eigenvalue weighted by Crippen LogP contribution is 2.26. The lowest BCUT2D eigenvalue weighted by molar-refractivity contribution is -0.132. The van der Waals surface area contributed by atoms with Crippen LogP contribution in [0.2, 0.25) is 5.02 Å². The first-order valence-corrected chi connectivity index (χ1v) is 9.67. The van der Waals surface area contributed by atoms with Crippen LogP contribution in [0, 0.1) is 0 Å². The van der Waals surface area contributed by atoms with E-state index in [1.54, 1.807) is 43.3 Å². The molecule has 0 unspecified atom stereocenters. The minimum Gasteiger partial charge on any atom is -0.435 e. The van der Waals surface area contributed by atoms with Gasteiger partial charge in [0.1, 0.15) is 11.3 Å². The molecule has 2 N–H and O–H groups in total. The number of ether oxygens (including phenoxy) is 1. The zero-order chi connectivity index (χ0) is 21.9. The van der Waals surface area contributed by atoms with E-state index in [0.29, 0.717) is 23.4 Å². The summed E-state index contributed by atoms with van der Waals surface area (Å²) >= 11 is 5.84. The zero-order valence-corrected chi connectivity index (χ0v) is 16.9. The van der Waals surface area contributed by atoms with Gasteiger partial charge in [-0.25, -0.2) is 4.79 Å². The van der Waals surface area contributed by atoms with Crippen molar-refractivity contribution in [2.75, 3.05) is 6.54 Å². The molecule has 2 atom stereocenters. The average Bonchev–Trinajstić information content (AvgIpc) is 2.91. The molecule has 9 heteroatoms. The van der Waals surface area contributed by atoms with E-state index in [4.69, 9.17) is 11.6 Å². The number of aryl methyl sites for hydroxylation is 1. The highest BCUT2D eigenvalue weighted by Gasteiger charge is 2.47. The maximum absolute atomic E-state index is 12.9. The van der Waals surface area contributed by atoms with Gasteiger partial charge in [-0.1, -0.05) is 35.9 Å². The Hall–Kier alpha value is -2.71. The maximum Gasteiger partial charge on any atom is 0.387 e. The first kappa shape index (κ1) is 22.0. The number of nitrogens with one attached hydrogen (secondary N) is 1. The van der Waals surface area contributed by atoms with E-state index in [0.717, 1.165) is 10.5 Å². The van der Waals surface area contributed by atoms with Crippen LogP contribution in [0.25, 0.3) is 0 Å². The first-order chi connectivity index (χ1) is 14.2. The van der Waals surface area contributed by atoms with Crippen molar-refractivity contribution in [2.24, 2.45) is 0 Å². The minimum absolute atomic E-state index is 0.0487. The molecule has 0 radical (unpaired) electrons. The predicted octanol–water partition coefficient (Wildman–Crippen LogP) is 3.92. The largest absolute Gasteiger partial charge is 0.435 e. The van der Waals surface area contributed by atoms with Gasteiger partial charge in [0.15, 0.2) is 0 Å². The molecule has 2 aromatic rings. The Morgan fingerprint density at radius 3 is 2.37 bits per heavy atom. The molecule has 1 fully saturated rings. The Bertz CT molecular complexity index is 908. The predicted molar refractivity (Wildman–Crippen MR) is 106 cm³/mol. The van der Waals surface area contributed by atoms with Crippen LogP contribution < -0.4 is 10.1 Å². The third-order valence-electron chi connectivity index (χ3n) is 5.02. The van der Waals surface area contributed by atoms with Crippen molar-refractivity contribution >= 4 is 23.5 Å². The van der Waals surface area contributed by atoms with Crippen LogP contribution in [0.4, 0.5) is 13.6 Å². The standard InChI is InChI=1S/C21H21ClF2N2O4/c1-21(11-10-13-2-8-16(9-3-13)30-19(23)24)18(28)26(20(29)25-21)12-17(27)14-4-6-15(22)7-5-14/h2-9,17,19,27H,10-12H2,1H3,(H,25,29)/t17-,21-/m1/s1. The van der Waals surface area contributed by atoms with Gasteiger partial charge < -0.3 is 15.2 Å². The second-order valence-electron chi connectivity index (χ2n) is 7.27. The molecule has 30 heavy (non-hydrogen) atoms. The number of hydrogen-bond donors (Lipinski definition) is 2. The molecular formula is C21H21ClF2N2O4. The van der Waals surface area contributed by atoms with Crippen molar-refractivity contribution in [3.05, 3.63) is 64.7 Å². The maximum atomic E-state index is 12.9. The molecule has 1 aliphatic heterocycles. The lowest BCUT2D eigenvalue weighted by Crippen LogP contribution is -2.44. The molecule has 0 spiro atoms. The van der Waals surface area contributed by atoms with Gasteiger partial charge >= 0.3 is 12.6 Å². The number of halogens is 3.